The van der Waals surface area contributed by atoms with Crippen LogP contribution in [0.4, 0.5) is 0 Å². The predicted octanol–water partition coefficient (Wildman–Crippen LogP) is 3.80. The Balaban J connectivity index is 1.13. The number of hydrogen-bond donors (Lipinski definition) is 0. The summed E-state index contributed by atoms with van der Waals surface area (Å²) in [6, 6.07) is 9.12. The van der Waals surface area contributed by atoms with Gasteiger partial charge in [-0.15, -0.1) is 11.3 Å². The van der Waals surface area contributed by atoms with Crippen molar-refractivity contribution in [3.05, 3.63) is 69.4 Å². The Morgan fingerprint density at radius 1 is 1.03 bits per heavy atom. The van der Waals surface area contributed by atoms with E-state index in [1.165, 1.54) is 0 Å². The van der Waals surface area contributed by atoms with E-state index >= 15 is 0 Å². The molecule has 0 aliphatic carbocycles. The molecule has 1 amide bonds. The van der Waals surface area contributed by atoms with Gasteiger partial charge in [0.1, 0.15) is 5.82 Å². The predicted molar refractivity (Wildman–Crippen MR) is 135 cm³/mol. The number of carbonyl (C=O) groups is 1. The summed E-state index contributed by atoms with van der Waals surface area (Å²) in [5.74, 6) is 1.63. The second-order valence-electron chi connectivity index (χ2n) is 9.22. The van der Waals surface area contributed by atoms with Crippen molar-refractivity contribution in [1.82, 2.24) is 24.3 Å². The van der Waals surface area contributed by atoms with Gasteiger partial charge in [0.15, 0.2) is 10.8 Å². The molecule has 180 valence electrons. The van der Waals surface area contributed by atoms with Crippen molar-refractivity contribution in [2.24, 2.45) is 0 Å². The number of furan rings is 1. The van der Waals surface area contributed by atoms with E-state index in [4.69, 9.17) is 9.40 Å². The van der Waals surface area contributed by atoms with Crippen LogP contribution in [0.15, 0.2) is 51.2 Å². The van der Waals surface area contributed by atoms with Gasteiger partial charge in [0.05, 0.1) is 22.9 Å². The van der Waals surface area contributed by atoms with Crippen LogP contribution in [0.3, 0.4) is 0 Å². The molecule has 6 rings (SSSR count). The lowest BCUT2D eigenvalue weighted by Gasteiger charge is -2.34. The minimum Gasteiger partial charge on any atom is -0.462 e. The van der Waals surface area contributed by atoms with Gasteiger partial charge in [-0.3, -0.25) is 19.1 Å². The lowest BCUT2D eigenvalue weighted by atomic mass is 10.1. The number of hydrogen-bond acceptors (Lipinski definition) is 7. The molecule has 0 spiro atoms. The molecule has 0 radical (unpaired) electrons. The van der Waals surface area contributed by atoms with Crippen LogP contribution in [0, 0.1) is 0 Å². The van der Waals surface area contributed by atoms with Gasteiger partial charge in [0.2, 0.25) is 0 Å². The largest absolute Gasteiger partial charge is 0.462 e. The van der Waals surface area contributed by atoms with Crippen molar-refractivity contribution in [2.45, 2.75) is 38.8 Å². The van der Waals surface area contributed by atoms with Crippen LogP contribution >= 0.6 is 11.3 Å². The SMILES string of the molecule is O=C(c1ccc2c(=O)n3c(nc2c1)CCCCC3)N1CCN(Cc2csc(-c3ccco3)n2)CC1. The molecular weight excluding hydrogens is 462 g/mol. The fourth-order valence-corrected chi connectivity index (χ4v) is 5.74. The fourth-order valence-electron chi connectivity index (χ4n) is 4.97. The third-order valence-electron chi connectivity index (χ3n) is 6.89. The number of carbonyl (C=O) groups excluding carboxylic acids is 1. The molecule has 5 heterocycles. The second-order valence-corrected chi connectivity index (χ2v) is 10.1. The van der Waals surface area contributed by atoms with E-state index in [9.17, 15) is 9.59 Å². The number of nitrogens with zero attached hydrogens (tertiary/aromatic N) is 5. The zero-order valence-electron chi connectivity index (χ0n) is 19.5. The lowest BCUT2D eigenvalue weighted by molar-refractivity contribution is 0.0627. The summed E-state index contributed by atoms with van der Waals surface area (Å²) in [6.45, 7) is 4.39. The molecule has 9 heteroatoms. The van der Waals surface area contributed by atoms with Gasteiger partial charge in [-0.05, 0) is 43.2 Å². The summed E-state index contributed by atoms with van der Waals surface area (Å²) in [5, 5.41) is 3.55. The van der Waals surface area contributed by atoms with Gasteiger partial charge in [-0.1, -0.05) is 6.42 Å². The normalized spacial score (nSPS) is 16.9. The van der Waals surface area contributed by atoms with Gasteiger partial charge in [-0.25, -0.2) is 9.97 Å². The molecule has 1 fully saturated rings. The van der Waals surface area contributed by atoms with Crippen LogP contribution in [0.2, 0.25) is 0 Å². The van der Waals surface area contributed by atoms with Crippen LogP contribution in [0.5, 0.6) is 0 Å². The van der Waals surface area contributed by atoms with E-state index in [0.29, 0.717) is 29.6 Å². The molecule has 1 aromatic carbocycles. The summed E-state index contributed by atoms with van der Waals surface area (Å²) < 4.78 is 7.25. The molecule has 2 aliphatic heterocycles. The highest BCUT2D eigenvalue weighted by Gasteiger charge is 2.24. The standard InChI is InChI=1S/C26H27N5O3S/c32-25(18-7-8-20-21(15-18)28-23-6-2-1-3-9-31(23)26(20)33)30-12-10-29(11-13-30)16-19-17-35-24(27-19)22-5-4-14-34-22/h4-5,7-8,14-15,17H,1-3,6,9-13,16H2. The lowest BCUT2D eigenvalue weighted by Crippen LogP contribution is -2.48. The number of aryl methyl sites for hydroxylation is 1. The zero-order valence-corrected chi connectivity index (χ0v) is 20.3. The summed E-state index contributed by atoms with van der Waals surface area (Å²) in [6.07, 6.45) is 5.64. The first-order valence-electron chi connectivity index (χ1n) is 12.2. The summed E-state index contributed by atoms with van der Waals surface area (Å²) >= 11 is 1.58. The Labute approximate surface area is 206 Å². The Morgan fingerprint density at radius 2 is 1.91 bits per heavy atom. The molecule has 0 N–H and O–H groups in total. The fraction of sp³-hybridized carbons (Fsp3) is 0.385. The van der Waals surface area contributed by atoms with Crippen molar-refractivity contribution in [1.29, 1.82) is 0 Å². The van der Waals surface area contributed by atoms with Crippen LogP contribution in [0.25, 0.3) is 21.7 Å². The quantitative estimate of drug-likeness (QED) is 0.434. The van der Waals surface area contributed by atoms with E-state index in [-0.39, 0.29) is 11.5 Å². The molecular formula is C26H27N5O3S. The highest BCUT2D eigenvalue weighted by atomic mass is 32.1. The summed E-state index contributed by atoms with van der Waals surface area (Å²) in [5.41, 5.74) is 2.26. The van der Waals surface area contributed by atoms with E-state index in [0.717, 1.165) is 74.1 Å². The Morgan fingerprint density at radius 3 is 2.74 bits per heavy atom. The maximum absolute atomic E-state index is 13.2. The average Bonchev–Trinajstić information content (AvgIpc) is 3.52. The molecule has 2 aliphatic rings. The number of piperazine rings is 1. The maximum Gasteiger partial charge on any atom is 0.261 e. The zero-order chi connectivity index (χ0) is 23.8. The van der Waals surface area contributed by atoms with E-state index in [1.54, 1.807) is 35.8 Å². The summed E-state index contributed by atoms with van der Waals surface area (Å²) in [7, 11) is 0. The first-order chi connectivity index (χ1) is 17.2. The number of aromatic nitrogens is 3. The van der Waals surface area contributed by atoms with E-state index in [2.05, 4.69) is 15.3 Å². The third kappa shape index (κ3) is 4.41. The van der Waals surface area contributed by atoms with Crippen LogP contribution in [-0.2, 0) is 19.5 Å². The van der Waals surface area contributed by atoms with Crippen molar-refractivity contribution in [3.8, 4) is 10.8 Å². The Bertz CT molecular complexity index is 1420. The number of benzene rings is 1. The molecule has 4 aromatic rings. The van der Waals surface area contributed by atoms with Gasteiger partial charge in [0.25, 0.3) is 11.5 Å². The maximum atomic E-state index is 13.2. The number of fused-ring (bicyclic) bond motifs is 2. The van der Waals surface area contributed by atoms with Crippen molar-refractivity contribution < 1.29 is 9.21 Å². The molecule has 1 saturated heterocycles. The molecule has 0 atom stereocenters. The Hall–Kier alpha value is -3.30. The molecule has 0 saturated carbocycles. The van der Waals surface area contributed by atoms with E-state index < -0.39 is 0 Å². The van der Waals surface area contributed by atoms with Crippen LogP contribution in [-0.4, -0.2) is 56.4 Å². The van der Waals surface area contributed by atoms with Crippen molar-refractivity contribution in [3.63, 3.8) is 0 Å². The van der Waals surface area contributed by atoms with Gasteiger partial charge in [0, 0.05) is 56.6 Å². The average molecular weight is 490 g/mol. The highest BCUT2D eigenvalue weighted by molar-refractivity contribution is 7.13. The summed E-state index contributed by atoms with van der Waals surface area (Å²) in [4.78, 5) is 39.9. The van der Waals surface area contributed by atoms with E-state index in [1.807, 2.05) is 21.6 Å². The first-order valence-corrected chi connectivity index (χ1v) is 13.1. The molecule has 35 heavy (non-hydrogen) atoms. The molecule has 8 nitrogen and oxygen atoms in total. The second kappa shape index (κ2) is 9.39. The van der Waals surface area contributed by atoms with Crippen molar-refractivity contribution in [2.75, 3.05) is 26.2 Å². The van der Waals surface area contributed by atoms with Gasteiger partial charge < -0.3 is 9.32 Å². The topological polar surface area (TPSA) is 84.5 Å². The van der Waals surface area contributed by atoms with Crippen LogP contribution in [0.1, 0.15) is 41.1 Å². The monoisotopic (exact) mass is 489 g/mol. The number of amides is 1. The smallest absolute Gasteiger partial charge is 0.261 e. The number of thiazole rings is 1. The Kier molecular flexibility index (Phi) is 5.95. The van der Waals surface area contributed by atoms with Gasteiger partial charge >= 0.3 is 0 Å². The minimum absolute atomic E-state index is 0.00263. The molecule has 0 bridgehead atoms. The first kappa shape index (κ1) is 22.2. The molecule has 3 aromatic heterocycles. The third-order valence-corrected chi connectivity index (χ3v) is 7.80. The van der Waals surface area contributed by atoms with Crippen molar-refractivity contribution >= 4 is 28.1 Å². The highest BCUT2D eigenvalue weighted by Crippen LogP contribution is 2.25. The van der Waals surface area contributed by atoms with Crippen LogP contribution < -0.4 is 5.56 Å². The minimum atomic E-state index is -0.00263. The number of rotatable bonds is 4. The molecule has 0 unspecified atom stereocenters. The van der Waals surface area contributed by atoms with Gasteiger partial charge in [-0.2, -0.15) is 0 Å².